The average Bonchev–Trinajstić information content (AvgIpc) is 2.44. The van der Waals surface area contributed by atoms with E-state index in [1.165, 1.54) is 6.07 Å². The number of methoxy groups -OCH3 is 1. The molecule has 0 radical (unpaired) electrons. The molecular formula is C15H14BrNO3. The largest absolute Gasteiger partial charge is 0.507 e. The summed E-state index contributed by atoms with van der Waals surface area (Å²) in [6.07, 6.45) is 0. The third kappa shape index (κ3) is 3.37. The number of amides is 1. The first-order valence-electron chi connectivity index (χ1n) is 5.98. The Bertz CT molecular complexity index is 628. The Balaban J connectivity index is 2.21. The van der Waals surface area contributed by atoms with E-state index in [0.717, 1.165) is 5.56 Å². The van der Waals surface area contributed by atoms with Crippen LogP contribution in [0.3, 0.4) is 0 Å². The minimum atomic E-state index is -0.281. The number of carbonyl (C=O) groups is 1. The van der Waals surface area contributed by atoms with Crippen molar-refractivity contribution in [2.45, 2.75) is 6.61 Å². The number of nitrogens with one attached hydrogen (secondary N) is 1. The Hall–Kier alpha value is -1.85. The molecule has 5 heteroatoms. The molecule has 2 aromatic rings. The van der Waals surface area contributed by atoms with Gasteiger partial charge in [0.15, 0.2) is 0 Å². The number of carbonyl (C=O) groups excluding carboxylic acids is 1. The number of phenols is 1. The maximum atomic E-state index is 12.2. The monoisotopic (exact) mass is 335 g/mol. The van der Waals surface area contributed by atoms with E-state index in [9.17, 15) is 9.90 Å². The van der Waals surface area contributed by atoms with Gasteiger partial charge in [-0.25, -0.2) is 0 Å². The quantitative estimate of drug-likeness (QED) is 0.898. The highest BCUT2D eigenvalue weighted by Crippen LogP contribution is 2.25. The lowest BCUT2D eigenvalue weighted by molar-refractivity contribution is 0.102. The first-order valence-corrected chi connectivity index (χ1v) is 6.78. The molecule has 2 rings (SSSR count). The Morgan fingerprint density at radius 1 is 1.30 bits per heavy atom. The number of benzene rings is 2. The number of rotatable bonds is 4. The second kappa shape index (κ2) is 6.54. The summed E-state index contributed by atoms with van der Waals surface area (Å²) in [6.45, 7) is 0.419. The highest BCUT2D eigenvalue weighted by atomic mass is 79.9. The molecule has 1 amide bonds. The number of halogens is 1. The molecule has 0 aliphatic rings. The van der Waals surface area contributed by atoms with Crippen LogP contribution in [0.1, 0.15) is 15.9 Å². The van der Waals surface area contributed by atoms with Gasteiger partial charge >= 0.3 is 0 Å². The molecule has 0 aliphatic heterocycles. The van der Waals surface area contributed by atoms with Crippen LogP contribution < -0.4 is 5.32 Å². The van der Waals surface area contributed by atoms with E-state index in [2.05, 4.69) is 21.2 Å². The van der Waals surface area contributed by atoms with Crippen molar-refractivity contribution >= 4 is 27.5 Å². The molecule has 20 heavy (non-hydrogen) atoms. The van der Waals surface area contributed by atoms with Crippen LogP contribution in [0.25, 0.3) is 0 Å². The highest BCUT2D eigenvalue weighted by molar-refractivity contribution is 9.10. The second-order valence-electron chi connectivity index (χ2n) is 4.21. The molecule has 0 aromatic heterocycles. The summed E-state index contributed by atoms with van der Waals surface area (Å²) in [5.74, 6) is -0.251. The number of aromatic hydroxyl groups is 1. The predicted octanol–water partition coefficient (Wildman–Crippen LogP) is 3.55. The molecule has 2 aromatic carbocycles. The summed E-state index contributed by atoms with van der Waals surface area (Å²) in [5, 5.41) is 12.4. The van der Waals surface area contributed by atoms with E-state index in [0.29, 0.717) is 22.3 Å². The van der Waals surface area contributed by atoms with Crippen molar-refractivity contribution in [2.75, 3.05) is 12.4 Å². The van der Waals surface area contributed by atoms with Gasteiger partial charge in [-0.2, -0.15) is 0 Å². The van der Waals surface area contributed by atoms with Crippen molar-refractivity contribution in [2.24, 2.45) is 0 Å². The lowest BCUT2D eigenvalue weighted by Crippen LogP contribution is -2.13. The SMILES string of the molecule is COCc1ccccc1NC(=O)c1ccc(Br)c(O)c1. The number of para-hydroxylation sites is 1. The molecule has 0 heterocycles. The number of phenolic OH excluding ortho intramolecular Hbond substituents is 1. The topological polar surface area (TPSA) is 58.6 Å². The summed E-state index contributed by atoms with van der Waals surface area (Å²) >= 11 is 3.18. The molecule has 0 atom stereocenters. The minimum Gasteiger partial charge on any atom is -0.507 e. The maximum absolute atomic E-state index is 12.2. The van der Waals surface area contributed by atoms with Gasteiger partial charge in [0.05, 0.1) is 11.1 Å². The number of anilines is 1. The molecule has 0 fully saturated rings. The van der Waals surface area contributed by atoms with E-state index < -0.39 is 0 Å². The molecule has 104 valence electrons. The molecule has 2 N–H and O–H groups in total. The zero-order valence-electron chi connectivity index (χ0n) is 10.9. The maximum Gasteiger partial charge on any atom is 0.255 e. The van der Waals surface area contributed by atoms with Crippen molar-refractivity contribution in [3.63, 3.8) is 0 Å². The predicted molar refractivity (Wildman–Crippen MR) is 80.9 cm³/mol. The van der Waals surface area contributed by atoms with Crippen LogP contribution in [-0.4, -0.2) is 18.1 Å². The van der Waals surface area contributed by atoms with Crippen LogP contribution in [0.15, 0.2) is 46.9 Å². The Morgan fingerprint density at radius 3 is 2.75 bits per heavy atom. The summed E-state index contributed by atoms with van der Waals surface area (Å²) in [4.78, 5) is 12.2. The lowest BCUT2D eigenvalue weighted by Gasteiger charge is -2.10. The van der Waals surface area contributed by atoms with Crippen molar-refractivity contribution in [3.8, 4) is 5.75 Å². The summed E-state index contributed by atoms with van der Waals surface area (Å²) in [5.41, 5.74) is 1.98. The van der Waals surface area contributed by atoms with Crippen LogP contribution in [-0.2, 0) is 11.3 Å². The molecule has 0 aliphatic carbocycles. The normalized spacial score (nSPS) is 10.3. The first-order chi connectivity index (χ1) is 9.61. The van der Waals surface area contributed by atoms with Gasteiger partial charge < -0.3 is 15.2 Å². The Kier molecular flexibility index (Phi) is 4.76. The van der Waals surface area contributed by atoms with E-state index in [1.54, 1.807) is 19.2 Å². The van der Waals surface area contributed by atoms with Crippen LogP contribution in [0, 0.1) is 0 Å². The van der Waals surface area contributed by atoms with E-state index in [-0.39, 0.29) is 11.7 Å². The van der Waals surface area contributed by atoms with Crippen LogP contribution in [0.4, 0.5) is 5.69 Å². The molecule has 4 nitrogen and oxygen atoms in total. The third-order valence-electron chi connectivity index (χ3n) is 2.77. The van der Waals surface area contributed by atoms with Gasteiger partial charge in [0.25, 0.3) is 5.91 Å². The molecule has 0 bridgehead atoms. The van der Waals surface area contributed by atoms with E-state index in [1.807, 2.05) is 24.3 Å². The Morgan fingerprint density at radius 2 is 2.05 bits per heavy atom. The van der Waals surface area contributed by atoms with Crippen molar-refractivity contribution in [1.29, 1.82) is 0 Å². The van der Waals surface area contributed by atoms with Crippen LogP contribution in [0.2, 0.25) is 0 Å². The minimum absolute atomic E-state index is 0.0304. The van der Waals surface area contributed by atoms with Crippen molar-refractivity contribution in [1.82, 2.24) is 0 Å². The summed E-state index contributed by atoms with van der Waals surface area (Å²) in [7, 11) is 1.60. The summed E-state index contributed by atoms with van der Waals surface area (Å²) < 4.78 is 5.64. The molecule has 0 unspecified atom stereocenters. The molecule has 0 saturated heterocycles. The van der Waals surface area contributed by atoms with Crippen LogP contribution >= 0.6 is 15.9 Å². The molecule has 0 saturated carbocycles. The van der Waals surface area contributed by atoms with Crippen molar-refractivity contribution in [3.05, 3.63) is 58.1 Å². The van der Waals surface area contributed by atoms with Gasteiger partial charge in [0, 0.05) is 23.9 Å². The van der Waals surface area contributed by atoms with Crippen molar-refractivity contribution < 1.29 is 14.6 Å². The lowest BCUT2D eigenvalue weighted by atomic mass is 10.1. The fourth-order valence-electron chi connectivity index (χ4n) is 1.77. The summed E-state index contributed by atoms with van der Waals surface area (Å²) in [6, 6.07) is 12.1. The number of ether oxygens (including phenoxy) is 1. The number of hydrogen-bond acceptors (Lipinski definition) is 3. The first kappa shape index (κ1) is 14.6. The highest BCUT2D eigenvalue weighted by Gasteiger charge is 2.10. The van der Waals surface area contributed by atoms with Gasteiger partial charge in [0.2, 0.25) is 0 Å². The number of hydrogen-bond donors (Lipinski definition) is 2. The fourth-order valence-corrected chi connectivity index (χ4v) is 2.02. The zero-order valence-corrected chi connectivity index (χ0v) is 12.5. The van der Waals surface area contributed by atoms with Gasteiger partial charge in [-0.3, -0.25) is 4.79 Å². The third-order valence-corrected chi connectivity index (χ3v) is 3.44. The van der Waals surface area contributed by atoms with Gasteiger partial charge in [0.1, 0.15) is 5.75 Å². The average molecular weight is 336 g/mol. The van der Waals surface area contributed by atoms with Crippen LogP contribution in [0.5, 0.6) is 5.75 Å². The van der Waals surface area contributed by atoms with E-state index >= 15 is 0 Å². The molecule has 0 spiro atoms. The smallest absolute Gasteiger partial charge is 0.255 e. The molecular weight excluding hydrogens is 322 g/mol. The van der Waals surface area contributed by atoms with E-state index in [4.69, 9.17) is 4.74 Å². The van der Waals surface area contributed by atoms with Gasteiger partial charge in [-0.15, -0.1) is 0 Å². The zero-order chi connectivity index (χ0) is 14.5. The second-order valence-corrected chi connectivity index (χ2v) is 5.06. The van der Waals surface area contributed by atoms with Gasteiger partial charge in [-0.1, -0.05) is 18.2 Å². The fraction of sp³-hybridized carbons (Fsp3) is 0.133. The standard InChI is InChI=1S/C15H14BrNO3/c1-20-9-11-4-2-3-5-13(11)17-15(19)10-6-7-12(16)14(18)8-10/h2-8,18H,9H2,1H3,(H,17,19). The van der Waals surface area contributed by atoms with Gasteiger partial charge in [-0.05, 0) is 40.2 Å². The Labute approximate surface area is 125 Å².